The van der Waals surface area contributed by atoms with Crippen molar-refractivity contribution in [2.24, 2.45) is 0 Å². The second kappa shape index (κ2) is 8.81. The number of nitrogens with one attached hydrogen (secondary N) is 1. The monoisotopic (exact) mass is 385 g/mol. The fraction of sp³-hybridized carbons (Fsp3) is 0.412. The smallest absolute Gasteiger partial charge is 0.263 e. The maximum absolute atomic E-state index is 12.4. The molecule has 0 fully saturated rings. The Kier molecular flexibility index (Phi) is 7.04. The first kappa shape index (κ1) is 19.2. The lowest BCUT2D eigenvalue weighted by Gasteiger charge is -2.17. The molecule has 0 spiro atoms. The number of carbonyl (C=O) groups is 1. The van der Waals surface area contributed by atoms with Gasteiger partial charge in [-0.05, 0) is 26.1 Å². The molecule has 24 heavy (non-hydrogen) atoms. The number of aromatic nitrogens is 1. The van der Waals surface area contributed by atoms with E-state index in [0.29, 0.717) is 32.2 Å². The second-order valence-electron chi connectivity index (χ2n) is 5.32. The largest absolute Gasteiger partial charge is 0.350 e. The molecule has 1 amide bonds. The van der Waals surface area contributed by atoms with Crippen LogP contribution in [0.15, 0.2) is 18.2 Å². The van der Waals surface area contributed by atoms with Gasteiger partial charge in [-0.3, -0.25) is 4.79 Å². The van der Waals surface area contributed by atoms with Gasteiger partial charge in [-0.25, -0.2) is 4.98 Å². The summed E-state index contributed by atoms with van der Waals surface area (Å²) in [6.07, 6.45) is 0. The van der Waals surface area contributed by atoms with Crippen molar-refractivity contribution < 1.29 is 4.79 Å². The number of rotatable bonds is 7. The molecule has 1 N–H and O–H groups in total. The van der Waals surface area contributed by atoms with E-state index >= 15 is 0 Å². The van der Waals surface area contributed by atoms with Crippen molar-refractivity contribution in [1.29, 1.82) is 0 Å². The molecule has 0 radical (unpaired) electrons. The van der Waals surface area contributed by atoms with Crippen LogP contribution in [0, 0.1) is 6.92 Å². The van der Waals surface area contributed by atoms with E-state index in [2.05, 4.69) is 29.0 Å². The van der Waals surface area contributed by atoms with Gasteiger partial charge in [0, 0.05) is 18.7 Å². The number of benzene rings is 1. The number of thiazole rings is 1. The van der Waals surface area contributed by atoms with Crippen LogP contribution in [0.4, 0.5) is 0 Å². The molecule has 0 aliphatic heterocycles. The molecule has 0 atom stereocenters. The summed E-state index contributed by atoms with van der Waals surface area (Å²) in [7, 11) is 0. The van der Waals surface area contributed by atoms with Crippen LogP contribution in [0.2, 0.25) is 10.0 Å². The lowest BCUT2D eigenvalue weighted by Crippen LogP contribution is -2.34. The average molecular weight is 386 g/mol. The van der Waals surface area contributed by atoms with Crippen LogP contribution in [0.25, 0.3) is 10.6 Å². The summed E-state index contributed by atoms with van der Waals surface area (Å²) < 4.78 is 0. The predicted octanol–water partition coefficient (Wildman–Crippen LogP) is 4.50. The van der Waals surface area contributed by atoms with Gasteiger partial charge >= 0.3 is 0 Å². The molecule has 130 valence electrons. The molecule has 2 rings (SSSR count). The van der Waals surface area contributed by atoms with E-state index in [9.17, 15) is 4.79 Å². The van der Waals surface area contributed by atoms with Crippen LogP contribution < -0.4 is 5.32 Å². The van der Waals surface area contributed by atoms with Gasteiger partial charge in [0.1, 0.15) is 9.88 Å². The second-order valence-corrected chi connectivity index (χ2v) is 7.10. The third-order valence-electron chi connectivity index (χ3n) is 3.79. The summed E-state index contributed by atoms with van der Waals surface area (Å²) in [5.74, 6) is -0.0958. The van der Waals surface area contributed by atoms with Crippen molar-refractivity contribution in [3.63, 3.8) is 0 Å². The molecule has 7 heteroatoms. The number of hydrogen-bond acceptors (Lipinski definition) is 4. The quantitative estimate of drug-likeness (QED) is 0.762. The van der Waals surface area contributed by atoms with Crippen molar-refractivity contribution in [1.82, 2.24) is 15.2 Å². The van der Waals surface area contributed by atoms with Crippen molar-refractivity contribution >= 4 is 40.4 Å². The number of amides is 1. The van der Waals surface area contributed by atoms with Crippen LogP contribution in [0.3, 0.4) is 0 Å². The predicted molar refractivity (Wildman–Crippen MR) is 102 cm³/mol. The third kappa shape index (κ3) is 4.48. The van der Waals surface area contributed by atoms with Gasteiger partial charge in [0.05, 0.1) is 15.7 Å². The Hall–Kier alpha value is -1.14. The molecule has 0 bridgehead atoms. The lowest BCUT2D eigenvalue weighted by atomic mass is 10.2. The number of carbonyl (C=O) groups excluding carboxylic acids is 1. The van der Waals surface area contributed by atoms with Crippen LogP contribution in [0.1, 0.15) is 29.2 Å². The molecule has 0 saturated heterocycles. The highest BCUT2D eigenvalue weighted by Gasteiger charge is 2.18. The fourth-order valence-corrected chi connectivity index (χ4v) is 3.80. The summed E-state index contributed by atoms with van der Waals surface area (Å²) in [5, 5.41) is 4.60. The molecule has 4 nitrogen and oxygen atoms in total. The highest BCUT2D eigenvalue weighted by atomic mass is 35.5. The molecule has 0 aliphatic rings. The van der Waals surface area contributed by atoms with E-state index in [-0.39, 0.29) is 5.91 Å². The summed E-state index contributed by atoms with van der Waals surface area (Å²) >= 11 is 13.6. The van der Waals surface area contributed by atoms with Crippen LogP contribution in [0.5, 0.6) is 0 Å². The zero-order valence-corrected chi connectivity index (χ0v) is 16.4. The SMILES string of the molecule is CCN(CC)CCNC(=O)c1sc(-c2cccc(Cl)c2Cl)nc1C. The molecule has 0 saturated carbocycles. The molecular weight excluding hydrogens is 365 g/mol. The Bertz CT molecular complexity index is 714. The van der Waals surface area contributed by atoms with E-state index in [0.717, 1.165) is 25.2 Å². The highest BCUT2D eigenvalue weighted by Crippen LogP contribution is 2.36. The molecular formula is C17H21Cl2N3OS. The normalized spacial score (nSPS) is 11.1. The van der Waals surface area contributed by atoms with Gasteiger partial charge in [-0.1, -0.05) is 49.2 Å². The topological polar surface area (TPSA) is 45.2 Å². The minimum atomic E-state index is -0.0958. The minimum absolute atomic E-state index is 0.0958. The van der Waals surface area contributed by atoms with Gasteiger partial charge < -0.3 is 10.2 Å². The Morgan fingerprint density at radius 3 is 2.67 bits per heavy atom. The van der Waals surface area contributed by atoms with E-state index in [1.165, 1.54) is 11.3 Å². The number of likely N-dealkylation sites (N-methyl/N-ethyl adjacent to an activating group) is 1. The van der Waals surface area contributed by atoms with Crippen LogP contribution >= 0.6 is 34.5 Å². The summed E-state index contributed by atoms with van der Waals surface area (Å²) in [6.45, 7) is 9.46. The zero-order chi connectivity index (χ0) is 17.7. The Morgan fingerprint density at radius 2 is 2.00 bits per heavy atom. The van der Waals surface area contributed by atoms with E-state index in [4.69, 9.17) is 23.2 Å². The maximum Gasteiger partial charge on any atom is 0.263 e. The first-order chi connectivity index (χ1) is 11.5. The first-order valence-electron chi connectivity index (χ1n) is 7.90. The Morgan fingerprint density at radius 1 is 1.29 bits per heavy atom. The van der Waals surface area contributed by atoms with Gasteiger partial charge in [0.15, 0.2) is 0 Å². The lowest BCUT2D eigenvalue weighted by molar-refractivity contribution is 0.0952. The van der Waals surface area contributed by atoms with Crippen molar-refractivity contribution in [3.05, 3.63) is 38.8 Å². The molecule has 1 aromatic heterocycles. The van der Waals surface area contributed by atoms with Crippen molar-refractivity contribution in [3.8, 4) is 10.6 Å². The van der Waals surface area contributed by atoms with E-state index < -0.39 is 0 Å². The minimum Gasteiger partial charge on any atom is -0.350 e. The van der Waals surface area contributed by atoms with E-state index in [1.54, 1.807) is 6.07 Å². The van der Waals surface area contributed by atoms with Gasteiger partial charge in [0.25, 0.3) is 5.91 Å². The molecule has 1 aromatic carbocycles. The molecule has 0 aliphatic carbocycles. The van der Waals surface area contributed by atoms with Crippen molar-refractivity contribution in [2.45, 2.75) is 20.8 Å². The Balaban J connectivity index is 2.11. The highest BCUT2D eigenvalue weighted by molar-refractivity contribution is 7.17. The Labute approximate surface area is 156 Å². The summed E-state index contributed by atoms with van der Waals surface area (Å²) in [5.41, 5.74) is 1.45. The number of hydrogen-bond donors (Lipinski definition) is 1. The molecule has 2 aromatic rings. The maximum atomic E-state index is 12.4. The zero-order valence-electron chi connectivity index (χ0n) is 14.0. The summed E-state index contributed by atoms with van der Waals surface area (Å²) in [6, 6.07) is 5.41. The number of nitrogens with zero attached hydrogens (tertiary/aromatic N) is 2. The molecule has 1 heterocycles. The number of aryl methyl sites for hydroxylation is 1. The average Bonchev–Trinajstić information content (AvgIpc) is 2.95. The third-order valence-corrected chi connectivity index (χ3v) is 5.80. The standard InChI is InChI=1S/C17H21Cl2N3OS/c1-4-22(5-2)10-9-20-16(23)15-11(3)21-17(24-15)12-7-6-8-13(18)14(12)19/h6-8H,4-5,9-10H2,1-3H3,(H,20,23). The number of halogens is 2. The van der Waals surface area contributed by atoms with Crippen LogP contribution in [-0.4, -0.2) is 42.0 Å². The summed E-state index contributed by atoms with van der Waals surface area (Å²) in [4.78, 5) is 19.8. The van der Waals surface area contributed by atoms with Gasteiger partial charge in [-0.15, -0.1) is 11.3 Å². The van der Waals surface area contributed by atoms with Crippen molar-refractivity contribution in [2.75, 3.05) is 26.2 Å². The van der Waals surface area contributed by atoms with Gasteiger partial charge in [0.2, 0.25) is 0 Å². The van der Waals surface area contributed by atoms with Crippen LogP contribution in [-0.2, 0) is 0 Å². The molecule has 0 unspecified atom stereocenters. The fourth-order valence-electron chi connectivity index (χ4n) is 2.34. The van der Waals surface area contributed by atoms with Gasteiger partial charge in [-0.2, -0.15) is 0 Å². The first-order valence-corrected chi connectivity index (χ1v) is 9.47. The van der Waals surface area contributed by atoms with E-state index in [1.807, 2.05) is 19.1 Å².